The van der Waals surface area contributed by atoms with Gasteiger partial charge in [0.25, 0.3) is 0 Å². The largest absolute Gasteiger partial charge is 0.450 e. The number of ether oxygens (including phenoxy) is 1. The number of carbonyl (C=O) groups is 1. The molecule has 0 N–H and O–H groups in total. The van der Waals surface area contributed by atoms with Gasteiger partial charge in [-0.25, -0.2) is 4.79 Å². The molecular weight excluding hydrogens is 312 g/mol. The third-order valence-corrected chi connectivity index (χ3v) is 5.87. The lowest BCUT2D eigenvalue weighted by Crippen LogP contribution is -2.43. The minimum Gasteiger partial charge on any atom is -0.450 e. The van der Waals surface area contributed by atoms with Crippen LogP contribution in [0.1, 0.15) is 49.7 Å². The molecular formula is C21H32N2O2. The van der Waals surface area contributed by atoms with Gasteiger partial charge >= 0.3 is 6.09 Å². The zero-order valence-corrected chi connectivity index (χ0v) is 15.7. The van der Waals surface area contributed by atoms with Gasteiger partial charge in [-0.05, 0) is 75.6 Å². The Morgan fingerprint density at radius 3 is 2.40 bits per heavy atom. The molecule has 0 spiro atoms. The number of piperidine rings is 2. The van der Waals surface area contributed by atoms with Crippen molar-refractivity contribution in [3.05, 3.63) is 35.4 Å². The van der Waals surface area contributed by atoms with Crippen LogP contribution in [0.25, 0.3) is 0 Å². The number of nitrogens with zero attached hydrogens (tertiary/aromatic N) is 2. The van der Waals surface area contributed by atoms with E-state index in [1.54, 1.807) is 5.56 Å². The van der Waals surface area contributed by atoms with Crippen molar-refractivity contribution >= 4 is 6.09 Å². The maximum atomic E-state index is 11.8. The molecule has 2 saturated heterocycles. The van der Waals surface area contributed by atoms with Crippen LogP contribution in [0.15, 0.2) is 24.3 Å². The second-order valence-corrected chi connectivity index (χ2v) is 7.56. The first-order valence-corrected chi connectivity index (χ1v) is 9.87. The fourth-order valence-corrected chi connectivity index (χ4v) is 4.35. The number of amides is 1. The van der Waals surface area contributed by atoms with Gasteiger partial charge in [0.1, 0.15) is 0 Å². The molecule has 0 saturated carbocycles. The summed E-state index contributed by atoms with van der Waals surface area (Å²) in [6, 6.07) is 8.85. The van der Waals surface area contributed by atoms with Crippen LogP contribution in [-0.2, 0) is 4.74 Å². The number of carbonyl (C=O) groups excluding carboxylic acids is 1. The van der Waals surface area contributed by atoms with Gasteiger partial charge in [0, 0.05) is 19.6 Å². The smallest absolute Gasteiger partial charge is 0.409 e. The van der Waals surface area contributed by atoms with E-state index >= 15 is 0 Å². The minimum absolute atomic E-state index is 0.139. The van der Waals surface area contributed by atoms with Crippen LogP contribution in [0, 0.1) is 12.8 Å². The number of likely N-dealkylation sites (tertiary alicyclic amines) is 2. The van der Waals surface area contributed by atoms with Gasteiger partial charge in [-0.3, -0.25) is 0 Å². The lowest BCUT2D eigenvalue weighted by Gasteiger charge is -2.37. The zero-order valence-electron chi connectivity index (χ0n) is 15.7. The molecule has 1 aromatic carbocycles. The van der Waals surface area contributed by atoms with E-state index < -0.39 is 0 Å². The van der Waals surface area contributed by atoms with Crippen LogP contribution in [0.5, 0.6) is 0 Å². The second-order valence-electron chi connectivity index (χ2n) is 7.56. The van der Waals surface area contributed by atoms with E-state index in [-0.39, 0.29) is 6.09 Å². The monoisotopic (exact) mass is 344 g/mol. The van der Waals surface area contributed by atoms with Crippen LogP contribution in [0.2, 0.25) is 0 Å². The molecule has 2 aliphatic rings. The molecule has 4 nitrogen and oxygen atoms in total. The number of rotatable bonds is 4. The number of benzene rings is 1. The highest BCUT2D eigenvalue weighted by molar-refractivity contribution is 5.67. The molecule has 138 valence electrons. The molecule has 0 unspecified atom stereocenters. The summed E-state index contributed by atoms with van der Waals surface area (Å²) in [7, 11) is 0. The lowest BCUT2D eigenvalue weighted by atomic mass is 9.86. The molecule has 0 atom stereocenters. The normalized spacial score (nSPS) is 20.6. The van der Waals surface area contributed by atoms with E-state index in [4.69, 9.17) is 4.74 Å². The first-order chi connectivity index (χ1) is 12.2. The van der Waals surface area contributed by atoms with Crippen molar-refractivity contribution in [3.63, 3.8) is 0 Å². The molecule has 0 radical (unpaired) electrons. The molecule has 2 aliphatic heterocycles. The van der Waals surface area contributed by atoms with Gasteiger partial charge < -0.3 is 14.5 Å². The Bertz CT molecular complexity index is 559. The zero-order chi connectivity index (χ0) is 17.6. The van der Waals surface area contributed by atoms with Crippen LogP contribution in [0.4, 0.5) is 4.79 Å². The summed E-state index contributed by atoms with van der Waals surface area (Å²) in [6.45, 7) is 9.87. The molecule has 0 bridgehead atoms. The Labute approximate surface area is 152 Å². The fraction of sp³-hybridized carbons (Fsp3) is 0.667. The molecule has 0 aliphatic carbocycles. The average molecular weight is 344 g/mol. The van der Waals surface area contributed by atoms with Gasteiger partial charge in [-0.15, -0.1) is 0 Å². The maximum absolute atomic E-state index is 11.8. The number of hydrogen-bond acceptors (Lipinski definition) is 3. The standard InChI is InChI=1S/C21H32N2O2/c1-3-25-21(24)23-14-8-18(9-15-23)16-22-12-10-19(11-13-22)20-7-5-4-6-17(20)2/h4-7,18-19H,3,8-16H2,1-2H3. The van der Waals surface area contributed by atoms with Gasteiger partial charge in [0.2, 0.25) is 0 Å². The van der Waals surface area contributed by atoms with Crippen molar-refractivity contribution in [3.8, 4) is 0 Å². The van der Waals surface area contributed by atoms with Crippen LogP contribution < -0.4 is 0 Å². The van der Waals surface area contributed by atoms with Crippen molar-refractivity contribution < 1.29 is 9.53 Å². The van der Waals surface area contributed by atoms with Crippen molar-refractivity contribution in [1.29, 1.82) is 0 Å². The Hall–Kier alpha value is -1.55. The molecule has 1 amide bonds. The fourth-order valence-electron chi connectivity index (χ4n) is 4.35. The molecule has 2 fully saturated rings. The number of aryl methyl sites for hydroxylation is 1. The summed E-state index contributed by atoms with van der Waals surface area (Å²) < 4.78 is 5.11. The third-order valence-electron chi connectivity index (χ3n) is 5.87. The first kappa shape index (κ1) is 18.2. The van der Waals surface area contributed by atoms with Crippen LogP contribution >= 0.6 is 0 Å². The lowest BCUT2D eigenvalue weighted by molar-refractivity contribution is 0.0831. The molecule has 0 aromatic heterocycles. The summed E-state index contributed by atoms with van der Waals surface area (Å²) in [4.78, 5) is 16.3. The summed E-state index contributed by atoms with van der Waals surface area (Å²) in [5.74, 6) is 1.45. The topological polar surface area (TPSA) is 32.8 Å². The molecule has 3 rings (SSSR count). The van der Waals surface area contributed by atoms with Gasteiger partial charge in [-0.2, -0.15) is 0 Å². The van der Waals surface area contributed by atoms with E-state index in [1.165, 1.54) is 38.0 Å². The molecule has 2 heterocycles. The maximum Gasteiger partial charge on any atom is 0.409 e. The van der Waals surface area contributed by atoms with E-state index in [9.17, 15) is 4.79 Å². The number of hydrogen-bond donors (Lipinski definition) is 0. The first-order valence-electron chi connectivity index (χ1n) is 9.87. The van der Waals surface area contributed by atoms with Gasteiger partial charge in [0.15, 0.2) is 0 Å². The second kappa shape index (κ2) is 8.70. The Morgan fingerprint density at radius 1 is 1.08 bits per heavy atom. The highest BCUT2D eigenvalue weighted by atomic mass is 16.6. The predicted octanol–water partition coefficient (Wildman–Crippen LogP) is 4.04. The Balaban J connectivity index is 1.41. The summed E-state index contributed by atoms with van der Waals surface area (Å²) in [6.07, 6.45) is 4.62. The van der Waals surface area contributed by atoms with Crippen molar-refractivity contribution in [1.82, 2.24) is 9.80 Å². The van der Waals surface area contributed by atoms with E-state index in [0.717, 1.165) is 37.8 Å². The Kier molecular flexibility index (Phi) is 6.35. The van der Waals surface area contributed by atoms with E-state index in [1.807, 2.05) is 11.8 Å². The van der Waals surface area contributed by atoms with Gasteiger partial charge in [0.05, 0.1) is 6.61 Å². The summed E-state index contributed by atoms with van der Waals surface area (Å²) >= 11 is 0. The van der Waals surface area contributed by atoms with E-state index in [2.05, 4.69) is 36.1 Å². The summed E-state index contributed by atoms with van der Waals surface area (Å²) in [5.41, 5.74) is 2.98. The van der Waals surface area contributed by atoms with Gasteiger partial charge in [-0.1, -0.05) is 24.3 Å². The van der Waals surface area contributed by atoms with Crippen LogP contribution in [-0.4, -0.2) is 55.2 Å². The highest BCUT2D eigenvalue weighted by Gasteiger charge is 2.27. The van der Waals surface area contributed by atoms with Crippen molar-refractivity contribution in [2.75, 3.05) is 39.3 Å². The minimum atomic E-state index is -0.139. The van der Waals surface area contributed by atoms with E-state index in [0.29, 0.717) is 6.61 Å². The molecule has 25 heavy (non-hydrogen) atoms. The third kappa shape index (κ3) is 4.75. The van der Waals surface area contributed by atoms with Crippen molar-refractivity contribution in [2.45, 2.75) is 45.4 Å². The highest BCUT2D eigenvalue weighted by Crippen LogP contribution is 2.31. The van der Waals surface area contributed by atoms with Crippen molar-refractivity contribution in [2.24, 2.45) is 5.92 Å². The predicted molar refractivity (Wildman–Crippen MR) is 101 cm³/mol. The average Bonchev–Trinajstić information content (AvgIpc) is 2.64. The quantitative estimate of drug-likeness (QED) is 0.826. The molecule has 1 aromatic rings. The Morgan fingerprint density at radius 2 is 1.76 bits per heavy atom. The SMILES string of the molecule is CCOC(=O)N1CCC(CN2CCC(c3ccccc3C)CC2)CC1. The summed E-state index contributed by atoms with van der Waals surface area (Å²) in [5, 5.41) is 0. The molecule has 4 heteroatoms. The van der Waals surface area contributed by atoms with Crippen LogP contribution in [0.3, 0.4) is 0 Å².